The fourth-order valence-corrected chi connectivity index (χ4v) is 1.52. The highest BCUT2D eigenvalue weighted by atomic mass is 31.0. The number of aliphatic carboxylic acids is 1. The highest BCUT2D eigenvalue weighted by molar-refractivity contribution is 7.17. The van der Waals surface area contributed by atoms with Crippen molar-refractivity contribution in [2.45, 2.75) is 31.6 Å². The van der Waals surface area contributed by atoms with Gasteiger partial charge >= 0.3 is 5.97 Å². The smallest absolute Gasteiger partial charge is 0.321 e. The Morgan fingerprint density at radius 2 is 2.23 bits per heavy atom. The first-order valence-electron chi connectivity index (χ1n) is 4.35. The van der Waals surface area contributed by atoms with Crippen molar-refractivity contribution in [1.29, 1.82) is 0 Å². The Balaban J connectivity index is 2.53. The maximum atomic E-state index is 10.9. The topological polar surface area (TPSA) is 69.6 Å². The quantitative estimate of drug-likeness (QED) is 0.553. The lowest BCUT2D eigenvalue weighted by molar-refractivity contribution is -0.141. The van der Waals surface area contributed by atoms with Crippen LogP contribution in [0.1, 0.15) is 19.8 Å². The molecule has 1 rings (SSSR count). The van der Waals surface area contributed by atoms with Crippen molar-refractivity contribution in [1.82, 2.24) is 5.32 Å². The number of hydrogen-bond acceptors (Lipinski definition) is 3. The fraction of sp³-hybridized carbons (Fsp3) is 0.875. The van der Waals surface area contributed by atoms with Crippen LogP contribution >= 0.6 is 9.24 Å². The number of carboxylic acids is 1. The van der Waals surface area contributed by atoms with Gasteiger partial charge in [0.1, 0.15) is 6.04 Å². The van der Waals surface area contributed by atoms with E-state index in [1.165, 1.54) is 0 Å². The molecule has 13 heavy (non-hydrogen) atoms. The largest absolute Gasteiger partial charge is 0.480 e. The van der Waals surface area contributed by atoms with Gasteiger partial charge in [-0.05, 0) is 18.3 Å². The lowest BCUT2D eigenvalue weighted by atomic mass is 9.99. The van der Waals surface area contributed by atoms with Crippen molar-refractivity contribution in [3.8, 4) is 0 Å². The molecule has 0 heterocycles. The van der Waals surface area contributed by atoms with Crippen LogP contribution < -0.4 is 5.32 Å². The maximum absolute atomic E-state index is 10.9. The molecular formula is C8H16NO3P. The SMILES string of the molecule is CC1([C@H](N[C@@H](P)CO)C(=O)O)CC1. The second-order valence-electron chi connectivity index (χ2n) is 3.88. The van der Waals surface area contributed by atoms with Crippen LogP contribution in [-0.4, -0.2) is 34.6 Å². The van der Waals surface area contributed by atoms with Gasteiger partial charge in [0.15, 0.2) is 0 Å². The van der Waals surface area contributed by atoms with Crippen LogP contribution in [0.25, 0.3) is 0 Å². The maximum Gasteiger partial charge on any atom is 0.321 e. The monoisotopic (exact) mass is 205 g/mol. The molecule has 0 bridgehead atoms. The Morgan fingerprint density at radius 3 is 2.54 bits per heavy atom. The molecule has 0 aromatic heterocycles. The van der Waals surface area contributed by atoms with Crippen molar-refractivity contribution in [3.63, 3.8) is 0 Å². The minimum atomic E-state index is -0.832. The van der Waals surface area contributed by atoms with E-state index in [1.54, 1.807) is 0 Å². The van der Waals surface area contributed by atoms with Crippen molar-refractivity contribution >= 4 is 15.2 Å². The van der Waals surface area contributed by atoms with Crippen molar-refractivity contribution in [3.05, 3.63) is 0 Å². The Hall–Kier alpha value is -0.180. The van der Waals surface area contributed by atoms with E-state index in [1.807, 2.05) is 6.92 Å². The first-order chi connectivity index (χ1) is 5.99. The van der Waals surface area contributed by atoms with E-state index in [0.717, 1.165) is 12.8 Å². The third-order valence-electron chi connectivity index (χ3n) is 2.56. The number of carbonyl (C=O) groups is 1. The molecule has 0 spiro atoms. The fourth-order valence-electron chi connectivity index (χ4n) is 1.32. The summed E-state index contributed by atoms with van der Waals surface area (Å²) in [6.45, 7) is 1.89. The molecule has 3 atom stereocenters. The third kappa shape index (κ3) is 2.63. The average molecular weight is 205 g/mol. The molecule has 1 saturated carbocycles. The minimum absolute atomic E-state index is 0.0650. The standard InChI is InChI=1S/C8H16NO3P/c1-8(2-3-8)6(7(11)12)9-5(13)4-10/h5-6,9-10H,2-4,13H2,1H3,(H,11,12)/t5-,6+/m0/s1. The van der Waals surface area contributed by atoms with Gasteiger partial charge in [-0.2, -0.15) is 0 Å². The Kier molecular flexibility index (Phi) is 3.28. The molecule has 0 aromatic rings. The van der Waals surface area contributed by atoms with Crippen molar-refractivity contribution < 1.29 is 15.0 Å². The zero-order valence-corrected chi connectivity index (χ0v) is 8.81. The Morgan fingerprint density at radius 1 is 1.69 bits per heavy atom. The molecule has 1 fully saturated rings. The van der Waals surface area contributed by atoms with Gasteiger partial charge in [-0.15, -0.1) is 9.24 Å². The molecule has 0 aromatic carbocycles. The van der Waals surface area contributed by atoms with Crippen LogP contribution in [0.4, 0.5) is 0 Å². The summed E-state index contributed by atoms with van der Waals surface area (Å²) < 4.78 is 0. The van der Waals surface area contributed by atoms with Crippen LogP contribution in [0.5, 0.6) is 0 Å². The molecule has 1 aliphatic carbocycles. The summed E-state index contributed by atoms with van der Waals surface area (Å²) >= 11 is 0. The summed E-state index contributed by atoms with van der Waals surface area (Å²) in [5.41, 5.74) is -0.115. The number of aliphatic hydroxyl groups is 1. The van der Waals surface area contributed by atoms with Gasteiger partial charge in [0.25, 0.3) is 0 Å². The summed E-state index contributed by atoms with van der Waals surface area (Å²) in [6.07, 6.45) is 1.89. The minimum Gasteiger partial charge on any atom is -0.480 e. The molecule has 1 unspecified atom stereocenters. The summed E-state index contributed by atoms with van der Waals surface area (Å²) in [4.78, 5) is 10.9. The van der Waals surface area contributed by atoms with Gasteiger partial charge in [-0.3, -0.25) is 10.1 Å². The highest BCUT2D eigenvalue weighted by Gasteiger charge is 2.48. The summed E-state index contributed by atoms with van der Waals surface area (Å²) in [6, 6.07) is -0.540. The molecule has 0 saturated heterocycles. The van der Waals surface area contributed by atoms with Crippen LogP contribution in [0.15, 0.2) is 0 Å². The first-order valence-corrected chi connectivity index (χ1v) is 5.01. The second-order valence-corrected chi connectivity index (χ2v) is 4.69. The summed E-state index contributed by atoms with van der Waals surface area (Å²) in [5.74, 6) is -1.07. The van der Waals surface area contributed by atoms with E-state index in [4.69, 9.17) is 10.2 Å². The molecule has 0 radical (unpaired) electrons. The molecule has 5 heteroatoms. The van der Waals surface area contributed by atoms with Gasteiger partial charge in [0, 0.05) is 5.78 Å². The van der Waals surface area contributed by atoms with Crippen molar-refractivity contribution in [2.75, 3.05) is 6.61 Å². The average Bonchev–Trinajstić information content (AvgIpc) is 2.79. The van der Waals surface area contributed by atoms with Gasteiger partial charge < -0.3 is 10.2 Å². The van der Waals surface area contributed by atoms with Crippen molar-refractivity contribution in [2.24, 2.45) is 5.41 Å². The Bertz CT molecular complexity index is 206. The molecule has 0 aliphatic heterocycles. The van der Waals surface area contributed by atoms with Gasteiger partial charge in [0.05, 0.1) is 6.61 Å². The first kappa shape index (κ1) is 10.9. The van der Waals surface area contributed by atoms with E-state index in [2.05, 4.69) is 14.6 Å². The lowest BCUT2D eigenvalue weighted by Gasteiger charge is -2.23. The summed E-state index contributed by atoms with van der Waals surface area (Å²) in [7, 11) is 2.38. The summed E-state index contributed by atoms with van der Waals surface area (Å²) in [5, 5.41) is 20.6. The molecule has 0 amide bonds. The normalized spacial score (nSPS) is 23.6. The second kappa shape index (κ2) is 3.91. The Labute approximate surface area is 79.9 Å². The predicted octanol–water partition coefficient (Wildman–Crippen LogP) is 0.0228. The van der Waals surface area contributed by atoms with Crippen LogP contribution in [0.2, 0.25) is 0 Å². The highest BCUT2D eigenvalue weighted by Crippen LogP contribution is 2.48. The number of aliphatic hydroxyl groups excluding tert-OH is 1. The molecular weight excluding hydrogens is 189 g/mol. The third-order valence-corrected chi connectivity index (χ3v) is 2.96. The molecule has 76 valence electrons. The van der Waals surface area contributed by atoms with Gasteiger partial charge in [-0.1, -0.05) is 6.92 Å². The van der Waals surface area contributed by atoms with E-state index in [-0.39, 0.29) is 17.8 Å². The number of carboxylic acid groups (broad SMARTS) is 1. The van der Waals surface area contributed by atoms with Crippen LogP contribution in [-0.2, 0) is 4.79 Å². The van der Waals surface area contributed by atoms with E-state index < -0.39 is 12.0 Å². The van der Waals surface area contributed by atoms with Crippen LogP contribution in [0, 0.1) is 5.41 Å². The molecule has 4 nitrogen and oxygen atoms in total. The molecule has 1 aliphatic rings. The zero-order valence-electron chi connectivity index (χ0n) is 7.66. The zero-order chi connectivity index (χ0) is 10.1. The van der Waals surface area contributed by atoms with Gasteiger partial charge in [-0.25, -0.2) is 0 Å². The van der Waals surface area contributed by atoms with E-state index >= 15 is 0 Å². The molecule has 3 N–H and O–H groups in total. The van der Waals surface area contributed by atoms with Gasteiger partial charge in [0.2, 0.25) is 0 Å². The lowest BCUT2D eigenvalue weighted by Crippen LogP contribution is -2.47. The van der Waals surface area contributed by atoms with E-state index in [0.29, 0.717) is 0 Å². The van der Waals surface area contributed by atoms with Crippen LogP contribution in [0.3, 0.4) is 0 Å². The van der Waals surface area contributed by atoms with E-state index in [9.17, 15) is 4.79 Å². The predicted molar refractivity (Wildman–Crippen MR) is 52.5 cm³/mol. The number of hydrogen-bond donors (Lipinski definition) is 3. The number of rotatable bonds is 5. The number of nitrogens with one attached hydrogen (secondary N) is 1.